The minimum absolute atomic E-state index is 0.110. The summed E-state index contributed by atoms with van der Waals surface area (Å²) >= 11 is 0. The molecule has 4 nitrogen and oxygen atoms in total. The smallest absolute Gasteiger partial charge is 0.312 e. The zero-order valence-corrected chi connectivity index (χ0v) is 5.84. The fourth-order valence-electron chi connectivity index (χ4n) is 0.771. The van der Waals surface area contributed by atoms with Crippen LogP contribution in [-0.4, -0.2) is 15.3 Å². The van der Waals surface area contributed by atoms with Crippen LogP contribution in [0.4, 0.5) is 0 Å². The summed E-state index contributed by atoms with van der Waals surface area (Å²) in [7, 11) is 1.55. The Morgan fingerprint density at radius 3 is 2.50 bits per heavy atom. The molecule has 0 unspecified atom stereocenters. The van der Waals surface area contributed by atoms with Crippen LogP contribution in [0.1, 0.15) is 17.4 Å². The van der Waals surface area contributed by atoms with Crippen molar-refractivity contribution in [2.75, 3.05) is 0 Å². The van der Waals surface area contributed by atoms with E-state index in [-0.39, 0.29) is 11.5 Å². The van der Waals surface area contributed by atoms with Crippen molar-refractivity contribution in [1.82, 2.24) is 9.55 Å². The van der Waals surface area contributed by atoms with Gasteiger partial charge in [-0.3, -0.25) is 9.36 Å². The second-order valence-electron chi connectivity index (χ2n) is 2.09. The van der Waals surface area contributed by atoms with Crippen LogP contribution in [0.25, 0.3) is 0 Å². The number of hydrogen-bond acceptors (Lipinski definition) is 2. The molecule has 0 aliphatic rings. The van der Waals surface area contributed by atoms with E-state index in [2.05, 4.69) is 4.98 Å². The van der Waals surface area contributed by atoms with Crippen LogP contribution in [0.5, 0.6) is 0 Å². The number of carbonyl (C=O) groups excluding carboxylic acids is 1. The highest BCUT2D eigenvalue weighted by atomic mass is 16.2. The first-order valence-electron chi connectivity index (χ1n) is 2.88. The Bertz CT molecular complexity index is 308. The number of H-pyrrole nitrogens is 1. The lowest BCUT2D eigenvalue weighted by Gasteiger charge is -1.91. The van der Waals surface area contributed by atoms with Crippen molar-refractivity contribution in [3.63, 3.8) is 0 Å². The topological polar surface area (TPSA) is 54.9 Å². The van der Waals surface area contributed by atoms with Crippen LogP contribution < -0.4 is 5.69 Å². The predicted octanol–water partition coefficient (Wildman–Crippen LogP) is -0.0840. The maximum atomic E-state index is 10.7. The van der Waals surface area contributed by atoms with Crippen LogP contribution in [0, 0.1) is 0 Å². The standard InChI is InChI=1S/C6H8N2O2/c1-4(9)5-3-7-6(10)8(5)2/h3H,1-2H3,(H,7,10). The lowest BCUT2D eigenvalue weighted by atomic mass is 10.3. The van der Waals surface area contributed by atoms with Crippen LogP contribution in [0.2, 0.25) is 0 Å². The highest BCUT2D eigenvalue weighted by Crippen LogP contribution is 1.91. The van der Waals surface area contributed by atoms with E-state index in [1.165, 1.54) is 17.7 Å². The molecule has 54 valence electrons. The number of nitrogens with one attached hydrogen (secondary N) is 1. The van der Waals surface area contributed by atoms with Gasteiger partial charge in [-0.2, -0.15) is 0 Å². The molecule has 0 bridgehead atoms. The third-order valence-corrected chi connectivity index (χ3v) is 1.36. The molecule has 0 aliphatic heterocycles. The number of carbonyl (C=O) groups is 1. The molecular formula is C6H8N2O2. The van der Waals surface area contributed by atoms with Gasteiger partial charge >= 0.3 is 5.69 Å². The van der Waals surface area contributed by atoms with Crippen molar-refractivity contribution >= 4 is 5.78 Å². The second kappa shape index (κ2) is 2.13. The summed E-state index contributed by atoms with van der Waals surface area (Å²) in [6.07, 6.45) is 1.41. The van der Waals surface area contributed by atoms with E-state index in [0.29, 0.717) is 5.69 Å². The van der Waals surface area contributed by atoms with Crippen molar-refractivity contribution in [2.45, 2.75) is 6.92 Å². The fraction of sp³-hybridized carbons (Fsp3) is 0.333. The summed E-state index contributed by atoms with van der Waals surface area (Å²) in [6, 6.07) is 0. The average molecular weight is 140 g/mol. The van der Waals surface area contributed by atoms with Gasteiger partial charge in [0.15, 0.2) is 5.78 Å². The Hall–Kier alpha value is -1.32. The number of aromatic nitrogens is 2. The molecule has 0 fully saturated rings. The molecule has 0 spiro atoms. The molecule has 1 aromatic heterocycles. The van der Waals surface area contributed by atoms with Gasteiger partial charge in [-0.25, -0.2) is 4.79 Å². The Kier molecular flexibility index (Phi) is 1.45. The van der Waals surface area contributed by atoms with Crippen LogP contribution in [0.3, 0.4) is 0 Å². The number of nitrogens with zero attached hydrogens (tertiary/aromatic N) is 1. The van der Waals surface area contributed by atoms with Crippen LogP contribution in [-0.2, 0) is 7.05 Å². The molecule has 0 aromatic carbocycles. The number of aromatic amines is 1. The van der Waals surface area contributed by atoms with Crippen LogP contribution >= 0.6 is 0 Å². The van der Waals surface area contributed by atoms with E-state index in [1.807, 2.05) is 0 Å². The Morgan fingerprint density at radius 2 is 2.30 bits per heavy atom. The fourth-order valence-corrected chi connectivity index (χ4v) is 0.771. The molecule has 0 amide bonds. The molecular weight excluding hydrogens is 132 g/mol. The van der Waals surface area contributed by atoms with Gasteiger partial charge in [0.25, 0.3) is 0 Å². The zero-order chi connectivity index (χ0) is 7.72. The molecule has 1 aromatic rings. The molecule has 0 atom stereocenters. The Morgan fingerprint density at radius 1 is 1.70 bits per heavy atom. The third-order valence-electron chi connectivity index (χ3n) is 1.36. The summed E-state index contributed by atoms with van der Waals surface area (Å²) < 4.78 is 1.28. The van der Waals surface area contributed by atoms with Gasteiger partial charge in [0.1, 0.15) is 5.69 Å². The molecule has 1 heterocycles. The van der Waals surface area contributed by atoms with Gasteiger partial charge in [-0.05, 0) is 0 Å². The van der Waals surface area contributed by atoms with Crippen molar-refractivity contribution in [2.24, 2.45) is 7.05 Å². The van der Waals surface area contributed by atoms with E-state index in [0.717, 1.165) is 0 Å². The summed E-state index contributed by atoms with van der Waals surface area (Å²) in [6.45, 7) is 1.42. The van der Waals surface area contributed by atoms with E-state index in [9.17, 15) is 9.59 Å². The zero-order valence-electron chi connectivity index (χ0n) is 5.84. The van der Waals surface area contributed by atoms with Gasteiger partial charge in [0.2, 0.25) is 0 Å². The van der Waals surface area contributed by atoms with Crippen molar-refractivity contribution < 1.29 is 4.79 Å². The van der Waals surface area contributed by atoms with Crippen molar-refractivity contribution in [3.05, 3.63) is 22.4 Å². The molecule has 1 rings (SSSR count). The van der Waals surface area contributed by atoms with E-state index in [4.69, 9.17) is 0 Å². The first-order valence-corrected chi connectivity index (χ1v) is 2.88. The average Bonchev–Trinajstić information content (AvgIpc) is 2.14. The first-order chi connectivity index (χ1) is 4.63. The SMILES string of the molecule is CC(=O)c1c[nH]c(=O)n1C. The second-order valence-corrected chi connectivity index (χ2v) is 2.09. The number of Topliss-reactive ketones (excluding diaryl/α,β-unsaturated/α-hetero) is 1. The van der Waals surface area contributed by atoms with Crippen molar-refractivity contribution in [3.8, 4) is 0 Å². The lowest BCUT2D eigenvalue weighted by Crippen LogP contribution is -2.15. The van der Waals surface area contributed by atoms with Gasteiger partial charge < -0.3 is 4.98 Å². The third kappa shape index (κ3) is 0.877. The lowest BCUT2D eigenvalue weighted by molar-refractivity contribution is 0.101. The molecule has 0 saturated heterocycles. The highest BCUT2D eigenvalue weighted by molar-refractivity contribution is 5.92. The van der Waals surface area contributed by atoms with Gasteiger partial charge in [0, 0.05) is 20.2 Å². The number of ketones is 1. The summed E-state index contributed by atoms with van der Waals surface area (Å²) in [4.78, 5) is 23.8. The monoisotopic (exact) mass is 140 g/mol. The van der Waals surface area contributed by atoms with Gasteiger partial charge in [-0.15, -0.1) is 0 Å². The minimum Gasteiger partial charge on any atom is -0.312 e. The predicted molar refractivity (Wildman–Crippen MR) is 36.0 cm³/mol. The van der Waals surface area contributed by atoms with Crippen molar-refractivity contribution in [1.29, 1.82) is 0 Å². The molecule has 1 N–H and O–H groups in total. The summed E-state index contributed by atoms with van der Waals surface area (Å²) in [5.74, 6) is -0.110. The van der Waals surface area contributed by atoms with Gasteiger partial charge in [-0.1, -0.05) is 0 Å². The molecule has 0 radical (unpaired) electrons. The molecule has 0 aliphatic carbocycles. The summed E-state index contributed by atoms with van der Waals surface area (Å²) in [5, 5.41) is 0. The van der Waals surface area contributed by atoms with E-state index >= 15 is 0 Å². The van der Waals surface area contributed by atoms with E-state index < -0.39 is 0 Å². The molecule has 4 heteroatoms. The maximum Gasteiger partial charge on any atom is 0.325 e. The largest absolute Gasteiger partial charge is 0.325 e. The number of imidazole rings is 1. The number of rotatable bonds is 1. The normalized spacial score (nSPS) is 9.80. The maximum absolute atomic E-state index is 10.7. The first kappa shape index (κ1) is 6.80. The minimum atomic E-state index is -0.259. The number of hydrogen-bond donors (Lipinski definition) is 1. The quantitative estimate of drug-likeness (QED) is 0.554. The summed E-state index contributed by atoms with van der Waals surface area (Å²) in [5.41, 5.74) is 0.148. The van der Waals surface area contributed by atoms with Gasteiger partial charge in [0.05, 0.1) is 0 Å². The highest BCUT2D eigenvalue weighted by Gasteiger charge is 2.04. The Balaban J connectivity index is 3.31. The molecule has 10 heavy (non-hydrogen) atoms. The Labute approximate surface area is 57.5 Å². The van der Waals surface area contributed by atoms with Crippen LogP contribution in [0.15, 0.2) is 11.0 Å². The molecule has 0 saturated carbocycles. The van der Waals surface area contributed by atoms with E-state index in [1.54, 1.807) is 7.05 Å².